The summed E-state index contributed by atoms with van der Waals surface area (Å²) in [5, 5.41) is 6.61. The lowest BCUT2D eigenvalue weighted by molar-refractivity contribution is 0.185. The zero-order valence-electron chi connectivity index (χ0n) is 12.5. The zero-order valence-corrected chi connectivity index (χ0v) is 12.5. The van der Waals surface area contributed by atoms with Crippen molar-refractivity contribution in [1.82, 2.24) is 25.1 Å². The summed E-state index contributed by atoms with van der Waals surface area (Å²) in [5.41, 5.74) is 0. The molecule has 114 valence electrons. The molecule has 0 aromatic carbocycles. The Morgan fingerprint density at radius 1 is 1.48 bits per heavy atom. The lowest BCUT2D eigenvalue weighted by Gasteiger charge is -2.26. The van der Waals surface area contributed by atoms with Crippen molar-refractivity contribution >= 4 is 6.03 Å². The van der Waals surface area contributed by atoms with Crippen LogP contribution in [0.1, 0.15) is 18.7 Å². The highest BCUT2D eigenvalue weighted by Crippen LogP contribution is 2.41. The van der Waals surface area contributed by atoms with Gasteiger partial charge in [-0.1, -0.05) is 0 Å². The molecule has 6 heteroatoms. The van der Waals surface area contributed by atoms with Gasteiger partial charge in [0.25, 0.3) is 0 Å². The average Bonchev–Trinajstić information content (AvgIpc) is 2.98. The van der Waals surface area contributed by atoms with E-state index in [1.807, 2.05) is 24.2 Å². The van der Waals surface area contributed by atoms with Gasteiger partial charge in [-0.05, 0) is 31.6 Å². The van der Waals surface area contributed by atoms with E-state index in [2.05, 4.69) is 20.2 Å². The molecule has 1 aliphatic carbocycles. The van der Waals surface area contributed by atoms with E-state index in [0.717, 1.165) is 44.8 Å². The highest BCUT2D eigenvalue weighted by atomic mass is 16.2. The maximum Gasteiger partial charge on any atom is 0.317 e. The first kappa shape index (κ1) is 13.1. The third kappa shape index (κ3) is 2.31. The normalized spacial score (nSPS) is 34.0. The van der Waals surface area contributed by atoms with E-state index in [4.69, 9.17) is 0 Å². The number of amides is 2. The van der Waals surface area contributed by atoms with Crippen molar-refractivity contribution in [3.8, 4) is 0 Å². The van der Waals surface area contributed by atoms with E-state index in [9.17, 15) is 4.79 Å². The lowest BCUT2D eigenvalue weighted by atomic mass is 10.2. The van der Waals surface area contributed by atoms with Gasteiger partial charge < -0.3 is 20.1 Å². The molecule has 3 heterocycles. The van der Waals surface area contributed by atoms with Crippen molar-refractivity contribution in [2.24, 2.45) is 11.8 Å². The summed E-state index contributed by atoms with van der Waals surface area (Å²) in [6.07, 6.45) is 6.02. The molecule has 3 aliphatic rings. The molecule has 2 N–H and O–H groups in total. The fourth-order valence-corrected chi connectivity index (χ4v) is 3.97. The SMILES string of the molecule is Cc1nccn1CC1CCCN1C(=O)NC1[C@H]2CNC[C@@H]12. The number of aryl methyl sites for hydroxylation is 1. The maximum absolute atomic E-state index is 12.5. The molecule has 2 unspecified atom stereocenters. The fourth-order valence-electron chi connectivity index (χ4n) is 3.97. The Morgan fingerprint density at radius 2 is 2.29 bits per heavy atom. The van der Waals surface area contributed by atoms with Crippen LogP contribution in [-0.4, -0.2) is 52.2 Å². The minimum atomic E-state index is 0.134. The zero-order chi connectivity index (χ0) is 14.4. The van der Waals surface area contributed by atoms with Crippen LogP contribution in [0.4, 0.5) is 4.79 Å². The third-order valence-corrected chi connectivity index (χ3v) is 5.35. The quantitative estimate of drug-likeness (QED) is 0.856. The molecule has 0 radical (unpaired) electrons. The third-order valence-electron chi connectivity index (χ3n) is 5.35. The number of nitrogens with one attached hydrogen (secondary N) is 2. The van der Waals surface area contributed by atoms with Crippen LogP contribution in [0, 0.1) is 18.8 Å². The molecule has 0 spiro atoms. The van der Waals surface area contributed by atoms with Gasteiger partial charge in [0.1, 0.15) is 5.82 Å². The number of nitrogens with zero attached hydrogens (tertiary/aromatic N) is 3. The van der Waals surface area contributed by atoms with Crippen LogP contribution in [0.2, 0.25) is 0 Å². The van der Waals surface area contributed by atoms with Gasteiger partial charge in [-0.25, -0.2) is 9.78 Å². The van der Waals surface area contributed by atoms with E-state index in [0.29, 0.717) is 23.9 Å². The van der Waals surface area contributed by atoms with Crippen LogP contribution in [0.15, 0.2) is 12.4 Å². The molecule has 2 saturated heterocycles. The molecular formula is C15H23N5O. The standard InChI is InChI=1S/C15H23N5O/c1-10-17-4-6-19(10)9-11-3-2-5-20(11)15(21)18-14-12-7-16-8-13(12)14/h4,6,11-14,16H,2-3,5,7-9H2,1H3,(H,18,21)/t11?,12-,13+,14?. The Bertz CT molecular complexity index is 532. The lowest BCUT2D eigenvalue weighted by Crippen LogP contribution is -2.46. The molecule has 21 heavy (non-hydrogen) atoms. The number of imidazole rings is 1. The largest absolute Gasteiger partial charge is 0.335 e. The predicted molar refractivity (Wildman–Crippen MR) is 78.9 cm³/mol. The minimum Gasteiger partial charge on any atom is -0.335 e. The monoisotopic (exact) mass is 289 g/mol. The molecule has 1 saturated carbocycles. The van der Waals surface area contributed by atoms with E-state index >= 15 is 0 Å². The van der Waals surface area contributed by atoms with Crippen molar-refractivity contribution in [1.29, 1.82) is 0 Å². The van der Waals surface area contributed by atoms with Crippen molar-refractivity contribution in [2.45, 2.75) is 38.4 Å². The van der Waals surface area contributed by atoms with Gasteiger partial charge in [-0.3, -0.25) is 0 Å². The van der Waals surface area contributed by atoms with Crippen LogP contribution in [0.5, 0.6) is 0 Å². The van der Waals surface area contributed by atoms with Crippen LogP contribution in [0.25, 0.3) is 0 Å². The number of piperidine rings is 1. The van der Waals surface area contributed by atoms with E-state index in [1.54, 1.807) is 0 Å². The van der Waals surface area contributed by atoms with Crippen molar-refractivity contribution in [3.63, 3.8) is 0 Å². The second-order valence-electron chi connectivity index (χ2n) is 6.58. The number of hydrogen-bond acceptors (Lipinski definition) is 3. The van der Waals surface area contributed by atoms with E-state index in [1.165, 1.54) is 0 Å². The van der Waals surface area contributed by atoms with E-state index in [-0.39, 0.29) is 6.03 Å². The first-order chi connectivity index (χ1) is 10.2. The number of carbonyl (C=O) groups excluding carboxylic acids is 1. The predicted octanol–water partition coefficient (Wildman–Crippen LogP) is 0.583. The summed E-state index contributed by atoms with van der Waals surface area (Å²) in [7, 11) is 0. The van der Waals surface area contributed by atoms with Crippen LogP contribution in [0.3, 0.4) is 0 Å². The number of likely N-dealkylation sites (tertiary alicyclic amines) is 1. The summed E-state index contributed by atoms with van der Waals surface area (Å²) in [6.45, 7) is 5.88. The number of aromatic nitrogens is 2. The average molecular weight is 289 g/mol. The summed E-state index contributed by atoms with van der Waals surface area (Å²) in [5.74, 6) is 2.36. The minimum absolute atomic E-state index is 0.134. The highest BCUT2D eigenvalue weighted by molar-refractivity contribution is 5.75. The Labute approximate surface area is 124 Å². The summed E-state index contributed by atoms with van der Waals surface area (Å²) >= 11 is 0. The van der Waals surface area contributed by atoms with Crippen molar-refractivity contribution in [2.75, 3.05) is 19.6 Å². The second-order valence-corrected chi connectivity index (χ2v) is 6.58. The number of carbonyl (C=O) groups is 1. The molecule has 1 aromatic heterocycles. The number of fused-ring (bicyclic) bond motifs is 1. The Balaban J connectivity index is 1.37. The van der Waals surface area contributed by atoms with Crippen LogP contribution < -0.4 is 10.6 Å². The van der Waals surface area contributed by atoms with Crippen LogP contribution in [-0.2, 0) is 6.54 Å². The molecule has 0 bridgehead atoms. The number of rotatable bonds is 3. The molecule has 6 nitrogen and oxygen atoms in total. The van der Waals surface area contributed by atoms with Gasteiger partial charge in [0.2, 0.25) is 0 Å². The smallest absolute Gasteiger partial charge is 0.317 e. The van der Waals surface area contributed by atoms with Gasteiger partial charge >= 0.3 is 6.03 Å². The maximum atomic E-state index is 12.5. The molecule has 2 amide bonds. The first-order valence-corrected chi connectivity index (χ1v) is 7.99. The Hall–Kier alpha value is -1.56. The van der Waals surface area contributed by atoms with Gasteiger partial charge in [-0.2, -0.15) is 0 Å². The molecule has 3 fully saturated rings. The Kier molecular flexibility index (Phi) is 3.14. The topological polar surface area (TPSA) is 62.2 Å². The van der Waals surface area contributed by atoms with Gasteiger partial charge in [0.15, 0.2) is 0 Å². The van der Waals surface area contributed by atoms with Gasteiger partial charge in [0, 0.05) is 44.6 Å². The molecule has 4 rings (SSSR count). The number of urea groups is 1. The fraction of sp³-hybridized carbons (Fsp3) is 0.733. The molecule has 4 atom stereocenters. The van der Waals surface area contributed by atoms with Crippen molar-refractivity contribution < 1.29 is 4.79 Å². The second kappa shape index (κ2) is 5.02. The van der Waals surface area contributed by atoms with Gasteiger partial charge in [-0.15, -0.1) is 0 Å². The molecular weight excluding hydrogens is 266 g/mol. The van der Waals surface area contributed by atoms with Gasteiger partial charge in [0.05, 0.1) is 6.04 Å². The Morgan fingerprint density at radius 3 is 3.00 bits per heavy atom. The first-order valence-electron chi connectivity index (χ1n) is 7.99. The molecule has 1 aromatic rings. The summed E-state index contributed by atoms with van der Waals surface area (Å²) in [6, 6.07) is 0.847. The van der Waals surface area contributed by atoms with E-state index < -0.39 is 0 Å². The van der Waals surface area contributed by atoms with Crippen LogP contribution >= 0.6 is 0 Å². The molecule has 2 aliphatic heterocycles. The van der Waals surface area contributed by atoms with Crippen molar-refractivity contribution in [3.05, 3.63) is 18.2 Å². The highest BCUT2D eigenvalue weighted by Gasteiger charge is 2.54. The summed E-state index contributed by atoms with van der Waals surface area (Å²) < 4.78 is 2.14. The summed E-state index contributed by atoms with van der Waals surface area (Å²) in [4.78, 5) is 18.8. The number of hydrogen-bond donors (Lipinski definition) is 2.